The molecule has 0 aliphatic carbocycles. The van der Waals surface area contributed by atoms with Crippen molar-refractivity contribution in [2.45, 2.75) is 39.7 Å². The van der Waals surface area contributed by atoms with Crippen molar-refractivity contribution < 1.29 is 9.21 Å². The lowest BCUT2D eigenvalue weighted by molar-refractivity contribution is -0.116. The third-order valence-electron chi connectivity index (χ3n) is 4.11. The fourth-order valence-electron chi connectivity index (χ4n) is 2.80. The third kappa shape index (κ3) is 3.82. The van der Waals surface area contributed by atoms with Crippen LogP contribution in [0.5, 0.6) is 0 Å². The molecule has 0 unspecified atom stereocenters. The molecule has 2 aromatic carbocycles. The van der Waals surface area contributed by atoms with E-state index < -0.39 is 0 Å². The fraction of sp³-hybridized carbons (Fsp3) is 0.300. The van der Waals surface area contributed by atoms with Gasteiger partial charge in [-0.2, -0.15) is 0 Å². The van der Waals surface area contributed by atoms with Crippen LogP contribution in [-0.2, 0) is 4.79 Å². The molecule has 0 saturated carbocycles. The van der Waals surface area contributed by atoms with Gasteiger partial charge in [-0.3, -0.25) is 4.79 Å². The van der Waals surface area contributed by atoms with E-state index >= 15 is 0 Å². The number of benzene rings is 2. The second-order valence-electron chi connectivity index (χ2n) is 6.51. The van der Waals surface area contributed by atoms with Crippen LogP contribution in [0.15, 0.2) is 46.9 Å². The predicted octanol–water partition coefficient (Wildman–Crippen LogP) is 4.70. The number of aromatic nitrogens is 1. The van der Waals surface area contributed by atoms with Gasteiger partial charge in [-0.15, -0.1) is 0 Å². The van der Waals surface area contributed by atoms with Gasteiger partial charge >= 0.3 is 0 Å². The molecule has 0 bridgehead atoms. The maximum atomic E-state index is 12.6. The smallest absolute Gasteiger partial charge is 0.246 e. The van der Waals surface area contributed by atoms with E-state index in [1.54, 1.807) is 0 Å². The van der Waals surface area contributed by atoms with E-state index in [-0.39, 0.29) is 11.9 Å². The average molecular weight is 337 g/mol. The van der Waals surface area contributed by atoms with E-state index in [4.69, 9.17) is 4.42 Å². The van der Waals surface area contributed by atoms with E-state index in [1.165, 1.54) is 0 Å². The first-order valence-electron chi connectivity index (χ1n) is 8.47. The van der Waals surface area contributed by atoms with Gasteiger partial charge in [0, 0.05) is 18.3 Å². The average Bonchev–Trinajstić information content (AvgIpc) is 2.94. The normalized spacial score (nSPS) is 12.4. The summed E-state index contributed by atoms with van der Waals surface area (Å²) < 4.78 is 5.47. The summed E-state index contributed by atoms with van der Waals surface area (Å²) in [6.45, 7) is 7.88. The topological polar surface area (TPSA) is 67.2 Å². The summed E-state index contributed by atoms with van der Waals surface area (Å²) in [5.41, 5.74) is 4.34. The number of rotatable bonds is 5. The minimum Gasteiger partial charge on any atom is -0.441 e. The Bertz CT molecular complexity index is 899. The summed E-state index contributed by atoms with van der Waals surface area (Å²) in [6.07, 6.45) is 0. The summed E-state index contributed by atoms with van der Waals surface area (Å²) in [6, 6.07) is 13.1. The first-order chi connectivity index (χ1) is 11.9. The molecular weight excluding hydrogens is 314 g/mol. The number of carbonyl (C=O) groups excluding carboxylic acids is 1. The summed E-state index contributed by atoms with van der Waals surface area (Å²) >= 11 is 0. The van der Waals surface area contributed by atoms with Crippen molar-refractivity contribution in [1.82, 2.24) is 4.98 Å². The van der Waals surface area contributed by atoms with Crippen molar-refractivity contribution in [1.29, 1.82) is 0 Å². The van der Waals surface area contributed by atoms with E-state index in [0.717, 1.165) is 28.0 Å². The Hall–Kier alpha value is -2.82. The fourth-order valence-corrected chi connectivity index (χ4v) is 2.80. The van der Waals surface area contributed by atoms with Gasteiger partial charge in [0.15, 0.2) is 11.5 Å². The molecule has 130 valence electrons. The van der Waals surface area contributed by atoms with Crippen LogP contribution in [-0.4, -0.2) is 16.9 Å². The lowest BCUT2D eigenvalue weighted by atomic mass is 10.0. The number of para-hydroxylation sites is 1. The second-order valence-corrected chi connectivity index (χ2v) is 6.51. The number of anilines is 2. The zero-order valence-corrected chi connectivity index (χ0v) is 15.0. The maximum absolute atomic E-state index is 12.6. The Balaban J connectivity index is 1.71. The highest BCUT2D eigenvalue weighted by atomic mass is 16.3. The molecule has 2 N–H and O–H groups in total. The molecule has 0 fully saturated rings. The highest BCUT2D eigenvalue weighted by molar-refractivity contribution is 5.97. The summed E-state index contributed by atoms with van der Waals surface area (Å²) in [5.74, 6) is 0.894. The van der Waals surface area contributed by atoms with Gasteiger partial charge < -0.3 is 15.1 Å². The molecule has 1 aromatic heterocycles. The van der Waals surface area contributed by atoms with Gasteiger partial charge in [-0.1, -0.05) is 32.0 Å². The third-order valence-corrected chi connectivity index (χ3v) is 4.11. The second kappa shape index (κ2) is 6.97. The Morgan fingerprint density at radius 1 is 1.12 bits per heavy atom. The highest BCUT2D eigenvalue weighted by Crippen LogP contribution is 2.24. The van der Waals surface area contributed by atoms with E-state index in [0.29, 0.717) is 11.8 Å². The minimum atomic E-state index is -0.384. The monoisotopic (exact) mass is 337 g/mol. The Morgan fingerprint density at radius 2 is 1.88 bits per heavy atom. The number of nitrogens with zero attached hydrogens (tertiary/aromatic N) is 1. The number of amides is 1. The predicted molar refractivity (Wildman–Crippen MR) is 101 cm³/mol. The maximum Gasteiger partial charge on any atom is 0.246 e. The Morgan fingerprint density at radius 3 is 2.64 bits per heavy atom. The first-order valence-corrected chi connectivity index (χ1v) is 8.47. The quantitative estimate of drug-likeness (QED) is 0.708. The van der Waals surface area contributed by atoms with Crippen LogP contribution >= 0.6 is 0 Å². The molecule has 1 heterocycles. The van der Waals surface area contributed by atoms with E-state index in [2.05, 4.69) is 29.5 Å². The van der Waals surface area contributed by atoms with Crippen molar-refractivity contribution in [3.05, 3.63) is 53.9 Å². The summed E-state index contributed by atoms with van der Waals surface area (Å²) in [7, 11) is 0. The summed E-state index contributed by atoms with van der Waals surface area (Å²) in [4.78, 5) is 16.9. The molecule has 1 amide bonds. The molecule has 3 aromatic rings. The summed E-state index contributed by atoms with van der Waals surface area (Å²) in [5, 5.41) is 6.24. The zero-order chi connectivity index (χ0) is 18.0. The van der Waals surface area contributed by atoms with E-state index in [9.17, 15) is 4.79 Å². The standard InChI is InChI=1S/C20H23N3O2/c1-12(2)16-7-5-6-8-17(16)23-20(24)13(3)21-15-9-10-19-18(11-15)22-14(4)25-19/h5-13,21H,1-4H3,(H,23,24)/t13-/m1/s1. The molecular formula is C20H23N3O2. The first kappa shape index (κ1) is 17.0. The molecule has 5 nitrogen and oxygen atoms in total. The van der Waals surface area contributed by atoms with Crippen LogP contribution in [0.1, 0.15) is 38.1 Å². The molecule has 0 aliphatic rings. The number of hydrogen-bond acceptors (Lipinski definition) is 4. The molecule has 0 radical (unpaired) electrons. The Labute approximate surface area is 147 Å². The Kier molecular flexibility index (Phi) is 4.74. The van der Waals surface area contributed by atoms with E-state index in [1.807, 2.05) is 56.3 Å². The lowest BCUT2D eigenvalue weighted by Gasteiger charge is -2.18. The van der Waals surface area contributed by atoms with Crippen molar-refractivity contribution in [2.24, 2.45) is 0 Å². The van der Waals surface area contributed by atoms with Crippen molar-refractivity contribution >= 4 is 28.4 Å². The van der Waals surface area contributed by atoms with Gasteiger partial charge in [0.05, 0.1) is 0 Å². The number of aryl methyl sites for hydroxylation is 1. The number of fused-ring (bicyclic) bond motifs is 1. The minimum absolute atomic E-state index is 0.0791. The lowest BCUT2D eigenvalue weighted by Crippen LogP contribution is -2.32. The van der Waals surface area contributed by atoms with Crippen LogP contribution in [0.25, 0.3) is 11.1 Å². The SMILES string of the molecule is Cc1nc2cc(N[C@H](C)C(=O)Nc3ccccc3C(C)C)ccc2o1. The van der Waals surface area contributed by atoms with Crippen molar-refractivity contribution in [3.8, 4) is 0 Å². The molecule has 5 heteroatoms. The zero-order valence-electron chi connectivity index (χ0n) is 15.0. The van der Waals surface area contributed by atoms with Gasteiger partial charge in [-0.05, 0) is 42.7 Å². The molecule has 0 spiro atoms. The van der Waals surface area contributed by atoms with Gasteiger partial charge in [0.1, 0.15) is 11.6 Å². The molecule has 25 heavy (non-hydrogen) atoms. The van der Waals surface area contributed by atoms with Crippen LogP contribution in [0.3, 0.4) is 0 Å². The molecule has 1 atom stereocenters. The van der Waals surface area contributed by atoms with Crippen LogP contribution in [0.2, 0.25) is 0 Å². The molecule has 0 saturated heterocycles. The van der Waals surface area contributed by atoms with Crippen LogP contribution in [0.4, 0.5) is 11.4 Å². The number of carbonyl (C=O) groups is 1. The van der Waals surface area contributed by atoms with Crippen LogP contribution in [0, 0.1) is 6.92 Å². The number of nitrogens with one attached hydrogen (secondary N) is 2. The molecule has 0 aliphatic heterocycles. The molecule has 3 rings (SSSR count). The number of oxazole rings is 1. The van der Waals surface area contributed by atoms with Crippen molar-refractivity contribution in [3.63, 3.8) is 0 Å². The largest absolute Gasteiger partial charge is 0.441 e. The van der Waals surface area contributed by atoms with Gasteiger partial charge in [0.25, 0.3) is 0 Å². The van der Waals surface area contributed by atoms with Crippen LogP contribution < -0.4 is 10.6 Å². The number of hydrogen-bond donors (Lipinski definition) is 2. The van der Waals surface area contributed by atoms with Gasteiger partial charge in [-0.25, -0.2) is 4.98 Å². The highest BCUT2D eigenvalue weighted by Gasteiger charge is 2.16. The van der Waals surface area contributed by atoms with Crippen molar-refractivity contribution in [2.75, 3.05) is 10.6 Å². The van der Waals surface area contributed by atoms with Gasteiger partial charge in [0.2, 0.25) is 5.91 Å².